The molecule has 27 heavy (non-hydrogen) atoms. The van der Waals surface area contributed by atoms with Crippen LogP contribution >= 0.6 is 23.1 Å². The topological polar surface area (TPSA) is 92.1 Å². The van der Waals surface area contributed by atoms with Crippen LogP contribution in [0.25, 0.3) is 10.2 Å². The van der Waals surface area contributed by atoms with E-state index < -0.39 is 0 Å². The van der Waals surface area contributed by atoms with E-state index in [2.05, 4.69) is 10.3 Å². The number of nitrogens with one attached hydrogen (secondary N) is 1. The molecule has 8 heteroatoms. The standard InChI is InChI=1S/C19H15N3O3S2/c1-12(23)25-7-8-26-19-22-16-6-5-15(10-17(16)27-19)21-18(24)14-4-2-3-13(9-14)11-20/h2-6,9-10H,7-8H2,1H3,(H,21,24). The van der Waals surface area contributed by atoms with E-state index in [1.165, 1.54) is 30.0 Å². The monoisotopic (exact) mass is 397 g/mol. The Labute approximate surface area is 164 Å². The van der Waals surface area contributed by atoms with E-state index in [1.54, 1.807) is 30.3 Å². The number of nitrogens with zero attached hydrogens (tertiary/aromatic N) is 2. The van der Waals surface area contributed by atoms with Gasteiger partial charge in [0.15, 0.2) is 4.34 Å². The maximum atomic E-state index is 12.4. The third-order valence-corrected chi connectivity index (χ3v) is 5.62. The predicted molar refractivity (Wildman–Crippen MR) is 106 cm³/mol. The number of thioether (sulfide) groups is 1. The van der Waals surface area contributed by atoms with E-state index in [1.807, 2.05) is 18.2 Å². The molecule has 0 saturated carbocycles. The van der Waals surface area contributed by atoms with Crippen molar-refractivity contribution >= 4 is 50.9 Å². The van der Waals surface area contributed by atoms with Gasteiger partial charge in [0.25, 0.3) is 5.91 Å². The first-order valence-corrected chi connectivity index (χ1v) is 9.83. The minimum absolute atomic E-state index is 0.271. The smallest absolute Gasteiger partial charge is 0.302 e. The Morgan fingerprint density at radius 3 is 2.93 bits per heavy atom. The molecule has 136 valence electrons. The molecule has 0 aliphatic heterocycles. The highest BCUT2D eigenvalue weighted by Crippen LogP contribution is 2.31. The lowest BCUT2D eigenvalue weighted by atomic mass is 10.1. The lowest BCUT2D eigenvalue weighted by molar-refractivity contribution is -0.140. The van der Waals surface area contributed by atoms with E-state index in [0.29, 0.717) is 29.2 Å². The molecule has 3 aromatic rings. The maximum absolute atomic E-state index is 12.4. The predicted octanol–water partition coefficient (Wildman–Crippen LogP) is 4.08. The molecule has 1 amide bonds. The zero-order valence-electron chi connectivity index (χ0n) is 14.4. The summed E-state index contributed by atoms with van der Waals surface area (Å²) in [5.41, 5.74) is 2.38. The molecular weight excluding hydrogens is 382 g/mol. The van der Waals surface area contributed by atoms with Gasteiger partial charge in [0.1, 0.15) is 6.61 Å². The van der Waals surface area contributed by atoms with Crippen molar-refractivity contribution in [3.63, 3.8) is 0 Å². The number of fused-ring (bicyclic) bond motifs is 1. The Morgan fingerprint density at radius 2 is 2.15 bits per heavy atom. The van der Waals surface area contributed by atoms with Crippen molar-refractivity contribution in [2.24, 2.45) is 0 Å². The van der Waals surface area contributed by atoms with Gasteiger partial charge in [0, 0.05) is 23.9 Å². The maximum Gasteiger partial charge on any atom is 0.302 e. The molecular formula is C19H15N3O3S2. The highest BCUT2D eigenvalue weighted by atomic mass is 32.2. The van der Waals surface area contributed by atoms with E-state index in [-0.39, 0.29) is 11.9 Å². The number of esters is 1. The molecule has 0 radical (unpaired) electrons. The highest BCUT2D eigenvalue weighted by molar-refractivity contribution is 8.01. The molecule has 1 N–H and O–H groups in total. The zero-order valence-corrected chi connectivity index (χ0v) is 16.0. The molecule has 0 spiro atoms. The number of amides is 1. The molecule has 0 bridgehead atoms. The molecule has 0 aliphatic carbocycles. The average Bonchev–Trinajstić information content (AvgIpc) is 3.07. The number of rotatable bonds is 6. The normalized spacial score (nSPS) is 10.4. The second-order valence-electron chi connectivity index (χ2n) is 5.50. The number of anilines is 1. The summed E-state index contributed by atoms with van der Waals surface area (Å²) in [7, 11) is 0. The van der Waals surface area contributed by atoms with Crippen LogP contribution in [0, 0.1) is 11.3 Å². The summed E-state index contributed by atoms with van der Waals surface area (Å²) >= 11 is 3.04. The highest BCUT2D eigenvalue weighted by Gasteiger charge is 2.10. The van der Waals surface area contributed by atoms with Crippen LogP contribution in [0.3, 0.4) is 0 Å². The fourth-order valence-corrected chi connectivity index (χ4v) is 4.29. The van der Waals surface area contributed by atoms with E-state index in [0.717, 1.165) is 14.6 Å². The summed E-state index contributed by atoms with van der Waals surface area (Å²) in [6.07, 6.45) is 0. The second kappa shape index (κ2) is 8.66. The van der Waals surface area contributed by atoms with Crippen LogP contribution in [0.1, 0.15) is 22.8 Å². The van der Waals surface area contributed by atoms with Crippen molar-refractivity contribution in [1.82, 2.24) is 4.98 Å². The molecule has 3 rings (SSSR count). The van der Waals surface area contributed by atoms with Gasteiger partial charge in [-0.25, -0.2) is 4.98 Å². The molecule has 6 nitrogen and oxygen atoms in total. The summed E-state index contributed by atoms with van der Waals surface area (Å²) in [5, 5.41) is 11.8. The Bertz CT molecular complexity index is 1040. The van der Waals surface area contributed by atoms with Crippen molar-refractivity contribution in [2.45, 2.75) is 11.3 Å². The van der Waals surface area contributed by atoms with Crippen molar-refractivity contribution in [2.75, 3.05) is 17.7 Å². The molecule has 2 aromatic carbocycles. The van der Waals surface area contributed by atoms with Gasteiger partial charge in [-0.2, -0.15) is 5.26 Å². The van der Waals surface area contributed by atoms with E-state index in [9.17, 15) is 9.59 Å². The Morgan fingerprint density at radius 1 is 1.30 bits per heavy atom. The fraction of sp³-hybridized carbons (Fsp3) is 0.158. The summed E-state index contributed by atoms with van der Waals surface area (Å²) in [6, 6.07) is 14.1. The number of thiazole rings is 1. The largest absolute Gasteiger partial charge is 0.465 e. The van der Waals surface area contributed by atoms with Gasteiger partial charge in [-0.1, -0.05) is 17.8 Å². The third kappa shape index (κ3) is 5.06. The molecule has 0 unspecified atom stereocenters. The van der Waals surface area contributed by atoms with Crippen LogP contribution in [0.4, 0.5) is 5.69 Å². The van der Waals surface area contributed by atoms with Crippen molar-refractivity contribution in [3.8, 4) is 6.07 Å². The lowest BCUT2D eigenvalue weighted by Gasteiger charge is -2.05. The van der Waals surface area contributed by atoms with Crippen molar-refractivity contribution < 1.29 is 14.3 Å². The number of ether oxygens (including phenoxy) is 1. The van der Waals surface area contributed by atoms with Crippen LogP contribution in [-0.4, -0.2) is 29.2 Å². The number of benzene rings is 2. The fourth-order valence-electron chi connectivity index (χ4n) is 2.29. The van der Waals surface area contributed by atoms with Crippen LogP contribution in [0.15, 0.2) is 46.8 Å². The molecule has 0 atom stereocenters. The quantitative estimate of drug-likeness (QED) is 0.383. The van der Waals surface area contributed by atoms with Gasteiger partial charge in [0.2, 0.25) is 0 Å². The van der Waals surface area contributed by atoms with Gasteiger partial charge >= 0.3 is 5.97 Å². The van der Waals surface area contributed by atoms with Crippen LogP contribution in [0.5, 0.6) is 0 Å². The molecule has 1 aromatic heterocycles. The molecule has 0 saturated heterocycles. The minimum atomic E-state index is -0.291. The van der Waals surface area contributed by atoms with Gasteiger partial charge in [-0.05, 0) is 36.4 Å². The number of hydrogen-bond acceptors (Lipinski definition) is 7. The van der Waals surface area contributed by atoms with Gasteiger partial charge < -0.3 is 10.1 Å². The Balaban J connectivity index is 1.68. The number of nitriles is 1. The van der Waals surface area contributed by atoms with Gasteiger partial charge in [-0.15, -0.1) is 11.3 Å². The first-order chi connectivity index (χ1) is 13.0. The van der Waals surface area contributed by atoms with Crippen LogP contribution in [0.2, 0.25) is 0 Å². The minimum Gasteiger partial charge on any atom is -0.465 e. The lowest BCUT2D eigenvalue weighted by Crippen LogP contribution is -2.11. The zero-order chi connectivity index (χ0) is 19.2. The number of aromatic nitrogens is 1. The first-order valence-electron chi connectivity index (χ1n) is 8.03. The summed E-state index contributed by atoms with van der Waals surface area (Å²) < 4.78 is 6.74. The van der Waals surface area contributed by atoms with E-state index >= 15 is 0 Å². The Hall–Kier alpha value is -2.89. The first kappa shape index (κ1) is 18.9. The molecule has 0 aliphatic rings. The second-order valence-corrected chi connectivity index (χ2v) is 7.87. The van der Waals surface area contributed by atoms with Crippen LogP contribution < -0.4 is 5.32 Å². The summed E-state index contributed by atoms with van der Waals surface area (Å²) in [4.78, 5) is 27.7. The third-order valence-electron chi connectivity index (χ3n) is 3.49. The number of hydrogen-bond donors (Lipinski definition) is 1. The molecule has 1 heterocycles. The summed E-state index contributed by atoms with van der Waals surface area (Å²) in [6.45, 7) is 1.73. The average molecular weight is 397 g/mol. The Kier molecular flexibility index (Phi) is 6.06. The SMILES string of the molecule is CC(=O)OCCSc1nc2ccc(NC(=O)c3cccc(C#N)c3)cc2s1. The summed E-state index contributed by atoms with van der Waals surface area (Å²) in [5.74, 6) is 0.0747. The number of carbonyl (C=O) groups is 2. The van der Waals surface area contributed by atoms with Crippen LogP contribution in [-0.2, 0) is 9.53 Å². The van der Waals surface area contributed by atoms with Crippen molar-refractivity contribution in [1.29, 1.82) is 5.26 Å². The molecule has 0 fully saturated rings. The van der Waals surface area contributed by atoms with Gasteiger partial charge in [-0.3, -0.25) is 9.59 Å². The van der Waals surface area contributed by atoms with Crippen molar-refractivity contribution in [3.05, 3.63) is 53.6 Å². The van der Waals surface area contributed by atoms with E-state index in [4.69, 9.17) is 10.00 Å². The number of carbonyl (C=O) groups excluding carboxylic acids is 2. The van der Waals surface area contributed by atoms with Gasteiger partial charge in [0.05, 0.1) is 21.8 Å².